The predicted molar refractivity (Wildman–Crippen MR) is 52.0 cm³/mol. The van der Waals surface area contributed by atoms with Gasteiger partial charge in [0.25, 0.3) is 0 Å². The Bertz CT molecular complexity index is 287. The first-order valence-electron chi connectivity index (χ1n) is 5.00. The van der Waals surface area contributed by atoms with Gasteiger partial charge < -0.3 is 0 Å². The predicted octanol–water partition coefficient (Wildman–Crippen LogP) is 3.08. The Labute approximate surface area is 87.8 Å². The summed E-state index contributed by atoms with van der Waals surface area (Å²) in [4.78, 5) is 11.8. The van der Waals surface area contributed by atoms with Crippen molar-refractivity contribution in [3.63, 3.8) is 0 Å². The van der Waals surface area contributed by atoms with E-state index in [0.717, 1.165) is 25.7 Å². The SMILES string of the molecule is O=C1C(Cl)(Cl)C2(CCC2)C12CCC2. The maximum absolute atomic E-state index is 11.8. The van der Waals surface area contributed by atoms with Gasteiger partial charge >= 0.3 is 0 Å². The Morgan fingerprint density at radius 1 is 1.00 bits per heavy atom. The number of carbonyl (C=O) groups excluding carboxylic acids is 1. The second-order valence-electron chi connectivity index (χ2n) is 4.77. The summed E-state index contributed by atoms with van der Waals surface area (Å²) in [6.07, 6.45) is 6.56. The molecule has 3 saturated carbocycles. The molecular weight excluding hydrogens is 207 g/mol. The average Bonchev–Trinajstić information content (AvgIpc) is 1.89. The van der Waals surface area contributed by atoms with Gasteiger partial charge in [0, 0.05) is 10.8 Å². The number of hydrogen-bond acceptors (Lipinski definition) is 1. The Morgan fingerprint density at radius 3 is 1.77 bits per heavy atom. The molecule has 0 unspecified atom stereocenters. The molecule has 13 heavy (non-hydrogen) atoms. The lowest BCUT2D eigenvalue weighted by Crippen LogP contribution is -2.77. The lowest BCUT2D eigenvalue weighted by atomic mass is 9.34. The van der Waals surface area contributed by atoms with Crippen molar-refractivity contribution in [1.82, 2.24) is 0 Å². The van der Waals surface area contributed by atoms with Crippen molar-refractivity contribution in [3.05, 3.63) is 0 Å². The van der Waals surface area contributed by atoms with Crippen LogP contribution in [0.15, 0.2) is 0 Å². The number of Topliss-reactive ketones (excluding diaryl/α,β-unsaturated/α-hetero) is 1. The molecule has 3 heteroatoms. The van der Waals surface area contributed by atoms with Gasteiger partial charge in [0.05, 0.1) is 0 Å². The summed E-state index contributed by atoms with van der Waals surface area (Å²) in [7, 11) is 0. The van der Waals surface area contributed by atoms with Crippen LogP contribution < -0.4 is 0 Å². The summed E-state index contributed by atoms with van der Waals surface area (Å²) in [5.41, 5.74) is -0.0901. The van der Waals surface area contributed by atoms with Crippen LogP contribution in [0.5, 0.6) is 0 Å². The zero-order valence-corrected chi connectivity index (χ0v) is 8.92. The number of hydrogen-bond donors (Lipinski definition) is 0. The van der Waals surface area contributed by atoms with E-state index in [4.69, 9.17) is 23.2 Å². The van der Waals surface area contributed by atoms with Crippen LogP contribution in [0, 0.1) is 10.8 Å². The number of rotatable bonds is 0. The van der Waals surface area contributed by atoms with Crippen LogP contribution in [-0.2, 0) is 4.79 Å². The number of ketones is 1. The largest absolute Gasteiger partial charge is 0.296 e. The first-order valence-corrected chi connectivity index (χ1v) is 5.75. The molecule has 0 N–H and O–H groups in total. The second kappa shape index (κ2) is 2.09. The van der Waals surface area contributed by atoms with Crippen LogP contribution in [0.2, 0.25) is 0 Å². The smallest absolute Gasteiger partial charge is 0.183 e. The van der Waals surface area contributed by atoms with E-state index in [1.54, 1.807) is 0 Å². The normalized spacial score (nSPS) is 36.6. The third kappa shape index (κ3) is 0.602. The third-order valence-corrected chi connectivity index (χ3v) is 5.72. The van der Waals surface area contributed by atoms with Gasteiger partial charge in [-0.1, -0.05) is 36.0 Å². The summed E-state index contributed by atoms with van der Waals surface area (Å²) in [6, 6.07) is 0. The van der Waals surface area contributed by atoms with Crippen molar-refractivity contribution in [2.75, 3.05) is 0 Å². The lowest BCUT2D eigenvalue weighted by molar-refractivity contribution is -0.197. The molecule has 1 nitrogen and oxygen atoms in total. The molecule has 0 amide bonds. The zero-order valence-electron chi connectivity index (χ0n) is 7.41. The highest BCUT2D eigenvalue weighted by atomic mass is 35.5. The molecule has 3 aliphatic rings. The Kier molecular flexibility index (Phi) is 1.37. The quantitative estimate of drug-likeness (QED) is 0.572. The maximum Gasteiger partial charge on any atom is 0.183 e. The standard InChI is InChI=1S/C10H12Cl2O/c11-10(12)7(13)8(3-1-4-8)9(10)5-2-6-9/h1-6H2. The summed E-state index contributed by atoms with van der Waals surface area (Å²) in [5.74, 6) is 0.120. The van der Waals surface area contributed by atoms with Crippen LogP contribution in [0.3, 0.4) is 0 Å². The minimum atomic E-state index is -1.04. The molecule has 0 atom stereocenters. The van der Waals surface area contributed by atoms with E-state index in [1.165, 1.54) is 12.8 Å². The van der Waals surface area contributed by atoms with Crippen LogP contribution in [-0.4, -0.2) is 10.1 Å². The molecule has 0 aromatic rings. The van der Waals surface area contributed by atoms with Gasteiger partial charge in [0.1, 0.15) is 0 Å². The first kappa shape index (κ1) is 8.55. The molecule has 0 radical (unpaired) electrons. The van der Waals surface area contributed by atoms with Gasteiger partial charge in [-0.2, -0.15) is 0 Å². The van der Waals surface area contributed by atoms with Gasteiger partial charge in [-0.05, 0) is 25.7 Å². The Balaban J connectivity index is 2.03. The molecular formula is C10H12Cl2O. The molecule has 3 fully saturated rings. The van der Waals surface area contributed by atoms with E-state index >= 15 is 0 Å². The fraction of sp³-hybridized carbons (Fsp3) is 0.900. The molecule has 0 saturated heterocycles. The van der Waals surface area contributed by atoms with Crippen LogP contribution in [0.4, 0.5) is 0 Å². The van der Waals surface area contributed by atoms with E-state index < -0.39 is 4.33 Å². The molecule has 2 spiro atoms. The highest BCUT2D eigenvalue weighted by Gasteiger charge is 2.82. The van der Waals surface area contributed by atoms with E-state index in [-0.39, 0.29) is 16.6 Å². The van der Waals surface area contributed by atoms with E-state index in [0.29, 0.717) is 0 Å². The topological polar surface area (TPSA) is 17.1 Å². The summed E-state index contributed by atoms with van der Waals surface area (Å²) < 4.78 is -1.04. The van der Waals surface area contributed by atoms with Crippen molar-refractivity contribution in [1.29, 1.82) is 0 Å². The molecule has 0 heterocycles. The fourth-order valence-corrected chi connectivity index (χ4v) is 4.63. The van der Waals surface area contributed by atoms with Crippen molar-refractivity contribution < 1.29 is 4.79 Å². The number of carbonyl (C=O) groups is 1. The maximum atomic E-state index is 11.8. The molecule has 0 aromatic heterocycles. The highest BCUT2D eigenvalue weighted by Crippen LogP contribution is 2.79. The second-order valence-corrected chi connectivity index (χ2v) is 6.10. The average molecular weight is 219 g/mol. The molecule has 0 aliphatic heterocycles. The van der Waals surface area contributed by atoms with E-state index in [2.05, 4.69) is 0 Å². The highest BCUT2D eigenvalue weighted by molar-refractivity contribution is 6.62. The van der Waals surface area contributed by atoms with Gasteiger partial charge in [-0.3, -0.25) is 4.79 Å². The van der Waals surface area contributed by atoms with Crippen LogP contribution >= 0.6 is 23.2 Å². The van der Waals surface area contributed by atoms with Gasteiger partial charge in [-0.25, -0.2) is 0 Å². The Hall–Kier alpha value is 0.250. The minimum absolute atomic E-state index is 0.0154. The molecule has 72 valence electrons. The number of alkyl halides is 2. The lowest BCUT2D eigenvalue weighted by Gasteiger charge is -2.72. The summed E-state index contributed by atoms with van der Waals surface area (Å²) >= 11 is 12.3. The zero-order chi connectivity index (χ0) is 9.32. The summed E-state index contributed by atoms with van der Waals surface area (Å²) in [6.45, 7) is 0. The van der Waals surface area contributed by atoms with Crippen molar-refractivity contribution in [2.24, 2.45) is 10.8 Å². The van der Waals surface area contributed by atoms with Gasteiger partial charge in [-0.15, -0.1) is 0 Å². The van der Waals surface area contributed by atoms with E-state index in [9.17, 15) is 4.79 Å². The van der Waals surface area contributed by atoms with Crippen molar-refractivity contribution >= 4 is 29.0 Å². The minimum Gasteiger partial charge on any atom is -0.296 e. The van der Waals surface area contributed by atoms with Crippen molar-refractivity contribution in [2.45, 2.75) is 42.9 Å². The fourth-order valence-electron chi connectivity index (χ4n) is 3.53. The number of fused-ring (bicyclic) bond motifs is 1. The van der Waals surface area contributed by atoms with Gasteiger partial charge in [0.15, 0.2) is 10.1 Å². The number of halogens is 2. The first-order chi connectivity index (χ1) is 6.07. The molecule has 3 aliphatic carbocycles. The van der Waals surface area contributed by atoms with Crippen LogP contribution in [0.1, 0.15) is 38.5 Å². The third-order valence-electron chi connectivity index (χ3n) is 4.65. The van der Waals surface area contributed by atoms with E-state index in [1.807, 2.05) is 0 Å². The van der Waals surface area contributed by atoms with Gasteiger partial charge in [0.2, 0.25) is 0 Å². The summed E-state index contributed by atoms with van der Waals surface area (Å²) in [5, 5.41) is 0. The van der Waals surface area contributed by atoms with Crippen molar-refractivity contribution in [3.8, 4) is 0 Å². The monoisotopic (exact) mass is 218 g/mol. The van der Waals surface area contributed by atoms with Crippen LogP contribution in [0.25, 0.3) is 0 Å². The molecule has 0 bridgehead atoms. The Morgan fingerprint density at radius 2 is 1.54 bits per heavy atom. The molecule has 0 aromatic carbocycles. The molecule has 3 rings (SSSR count).